The first kappa shape index (κ1) is 19.2. The van der Waals surface area contributed by atoms with Crippen LogP contribution in [0.1, 0.15) is 33.6 Å². The first-order valence-corrected chi connectivity index (χ1v) is 11.6. The van der Waals surface area contributed by atoms with Crippen LogP contribution in [0.3, 0.4) is 0 Å². The van der Waals surface area contributed by atoms with E-state index in [-0.39, 0.29) is 11.8 Å². The molecule has 1 aliphatic rings. The molecule has 2 nitrogen and oxygen atoms in total. The number of carbonyl (C=O) groups is 1. The van der Waals surface area contributed by atoms with Crippen LogP contribution >= 0.6 is 23.5 Å². The van der Waals surface area contributed by atoms with Crippen molar-refractivity contribution in [3.05, 3.63) is 102 Å². The molecule has 0 saturated carbocycles. The zero-order valence-electron chi connectivity index (χ0n) is 15.6. The Hall–Kier alpha value is -2.17. The van der Waals surface area contributed by atoms with Gasteiger partial charge in [0, 0.05) is 5.69 Å². The monoisotopic (exact) mass is 405 g/mol. The maximum Gasteiger partial charge on any atom is 0.236 e. The van der Waals surface area contributed by atoms with Gasteiger partial charge in [-0.25, -0.2) is 0 Å². The second kappa shape index (κ2) is 9.35. The fourth-order valence-corrected chi connectivity index (χ4v) is 6.32. The number of anilines is 1. The molecule has 3 aromatic carbocycles. The van der Waals surface area contributed by atoms with Gasteiger partial charge < -0.3 is 5.32 Å². The standard InChI is InChI=1S/C24H23NOS2/c26-23(22(18-9-3-1-4-10-18)19-11-5-2-6-12-19)25-21-14-7-13-20(17-21)24-27-15-8-16-28-24/h1-7,9-14,17,22,24H,8,15-16H2,(H,25,26). The normalized spacial score (nSPS) is 14.8. The topological polar surface area (TPSA) is 29.1 Å². The SMILES string of the molecule is O=C(Nc1cccc(C2SCCCS2)c1)C(c1ccccc1)c1ccccc1. The predicted octanol–water partition coefficient (Wildman–Crippen LogP) is 6.33. The highest BCUT2D eigenvalue weighted by Gasteiger charge is 2.23. The molecule has 0 atom stereocenters. The Morgan fingerprint density at radius 2 is 1.43 bits per heavy atom. The molecular formula is C24H23NOS2. The number of amides is 1. The Morgan fingerprint density at radius 3 is 2.04 bits per heavy atom. The highest BCUT2D eigenvalue weighted by molar-refractivity contribution is 8.16. The van der Waals surface area contributed by atoms with Crippen molar-refractivity contribution in [2.24, 2.45) is 0 Å². The van der Waals surface area contributed by atoms with Gasteiger partial charge in [0.2, 0.25) is 5.91 Å². The van der Waals surface area contributed by atoms with Crippen molar-refractivity contribution in [2.45, 2.75) is 16.9 Å². The molecule has 0 radical (unpaired) electrons. The van der Waals surface area contributed by atoms with Gasteiger partial charge in [0.1, 0.15) is 0 Å². The minimum atomic E-state index is -0.329. The van der Waals surface area contributed by atoms with Crippen LogP contribution in [0.4, 0.5) is 5.69 Å². The summed E-state index contributed by atoms with van der Waals surface area (Å²) >= 11 is 3.99. The summed E-state index contributed by atoms with van der Waals surface area (Å²) in [7, 11) is 0. The van der Waals surface area contributed by atoms with Crippen LogP contribution in [0.2, 0.25) is 0 Å². The van der Waals surface area contributed by atoms with Crippen molar-refractivity contribution < 1.29 is 4.79 Å². The van der Waals surface area contributed by atoms with Crippen LogP contribution in [-0.4, -0.2) is 17.4 Å². The lowest BCUT2D eigenvalue weighted by Gasteiger charge is -2.22. The van der Waals surface area contributed by atoms with Crippen LogP contribution in [0.5, 0.6) is 0 Å². The molecule has 1 amide bonds. The third kappa shape index (κ3) is 4.62. The van der Waals surface area contributed by atoms with E-state index in [1.807, 2.05) is 96.3 Å². The summed E-state index contributed by atoms with van der Waals surface area (Å²) < 4.78 is 0.463. The Balaban J connectivity index is 1.58. The number of hydrogen-bond donors (Lipinski definition) is 1. The van der Waals surface area contributed by atoms with E-state index in [1.54, 1.807) is 0 Å². The minimum absolute atomic E-state index is 0.00139. The molecular weight excluding hydrogens is 382 g/mol. The maximum absolute atomic E-state index is 13.3. The van der Waals surface area contributed by atoms with E-state index < -0.39 is 0 Å². The molecule has 0 spiro atoms. The molecule has 0 aliphatic carbocycles. The highest BCUT2D eigenvalue weighted by Crippen LogP contribution is 2.44. The zero-order valence-corrected chi connectivity index (χ0v) is 17.2. The Morgan fingerprint density at radius 1 is 0.821 bits per heavy atom. The number of benzene rings is 3. The molecule has 0 bridgehead atoms. The molecule has 3 aromatic rings. The molecule has 1 N–H and O–H groups in total. The average Bonchev–Trinajstić information content (AvgIpc) is 2.76. The van der Waals surface area contributed by atoms with Crippen LogP contribution in [-0.2, 0) is 4.79 Å². The highest BCUT2D eigenvalue weighted by atomic mass is 32.2. The molecule has 1 aliphatic heterocycles. The van der Waals surface area contributed by atoms with E-state index in [2.05, 4.69) is 17.4 Å². The van der Waals surface area contributed by atoms with Crippen molar-refractivity contribution in [1.82, 2.24) is 0 Å². The molecule has 0 aromatic heterocycles. The van der Waals surface area contributed by atoms with E-state index in [0.717, 1.165) is 16.8 Å². The lowest BCUT2D eigenvalue weighted by Crippen LogP contribution is -2.22. The lowest BCUT2D eigenvalue weighted by atomic mass is 9.90. The quantitative estimate of drug-likeness (QED) is 0.538. The Labute approximate surface area is 175 Å². The third-order valence-electron chi connectivity index (χ3n) is 4.78. The van der Waals surface area contributed by atoms with Crippen molar-refractivity contribution in [3.63, 3.8) is 0 Å². The molecule has 4 heteroatoms. The number of rotatable bonds is 5. The Bertz CT molecular complexity index is 869. The molecule has 4 rings (SSSR count). The van der Waals surface area contributed by atoms with E-state index in [1.165, 1.54) is 23.5 Å². The third-order valence-corrected chi connectivity index (χ3v) is 7.80. The van der Waals surface area contributed by atoms with Gasteiger partial charge in [-0.3, -0.25) is 4.79 Å². The van der Waals surface area contributed by atoms with E-state index >= 15 is 0 Å². The predicted molar refractivity (Wildman–Crippen MR) is 122 cm³/mol. The first-order chi connectivity index (χ1) is 13.8. The van der Waals surface area contributed by atoms with Crippen LogP contribution in [0.25, 0.3) is 0 Å². The summed E-state index contributed by atoms with van der Waals surface area (Å²) in [5.41, 5.74) is 4.15. The van der Waals surface area contributed by atoms with Gasteiger partial charge in [-0.2, -0.15) is 0 Å². The van der Waals surface area contributed by atoms with E-state index in [9.17, 15) is 4.79 Å². The summed E-state index contributed by atoms with van der Waals surface area (Å²) in [5, 5.41) is 3.16. The fourth-order valence-electron chi connectivity index (χ4n) is 3.44. The van der Waals surface area contributed by atoms with Gasteiger partial charge in [-0.15, -0.1) is 23.5 Å². The van der Waals surface area contributed by atoms with Crippen molar-refractivity contribution in [1.29, 1.82) is 0 Å². The minimum Gasteiger partial charge on any atom is -0.325 e. The van der Waals surface area contributed by atoms with Gasteiger partial charge >= 0.3 is 0 Å². The van der Waals surface area contributed by atoms with Crippen LogP contribution in [0.15, 0.2) is 84.9 Å². The van der Waals surface area contributed by atoms with Crippen molar-refractivity contribution >= 4 is 35.1 Å². The fraction of sp³-hybridized carbons (Fsp3) is 0.208. The van der Waals surface area contributed by atoms with Gasteiger partial charge in [-0.05, 0) is 46.7 Å². The second-order valence-corrected chi connectivity index (χ2v) is 9.52. The molecule has 1 saturated heterocycles. The number of nitrogens with one attached hydrogen (secondary N) is 1. The summed E-state index contributed by atoms with van der Waals surface area (Å²) in [6, 6.07) is 28.3. The summed E-state index contributed by atoms with van der Waals surface area (Å²) in [5.74, 6) is 2.08. The van der Waals surface area contributed by atoms with Crippen molar-refractivity contribution in [2.75, 3.05) is 16.8 Å². The average molecular weight is 406 g/mol. The Kier molecular flexibility index (Phi) is 6.40. The van der Waals surface area contributed by atoms with Gasteiger partial charge in [0.05, 0.1) is 10.5 Å². The van der Waals surface area contributed by atoms with E-state index in [0.29, 0.717) is 4.58 Å². The van der Waals surface area contributed by atoms with Gasteiger partial charge in [0.25, 0.3) is 0 Å². The van der Waals surface area contributed by atoms with Gasteiger partial charge in [-0.1, -0.05) is 72.8 Å². The molecule has 0 unspecified atom stereocenters. The van der Waals surface area contributed by atoms with Crippen LogP contribution < -0.4 is 5.32 Å². The number of hydrogen-bond acceptors (Lipinski definition) is 3. The number of thioether (sulfide) groups is 2. The first-order valence-electron chi connectivity index (χ1n) is 9.55. The summed E-state index contributed by atoms with van der Waals surface area (Å²) in [6.45, 7) is 0. The molecule has 1 heterocycles. The zero-order chi connectivity index (χ0) is 19.2. The van der Waals surface area contributed by atoms with E-state index in [4.69, 9.17) is 0 Å². The maximum atomic E-state index is 13.3. The lowest BCUT2D eigenvalue weighted by molar-refractivity contribution is -0.116. The molecule has 28 heavy (non-hydrogen) atoms. The van der Waals surface area contributed by atoms with Crippen molar-refractivity contribution in [3.8, 4) is 0 Å². The number of carbonyl (C=O) groups excluding carboxylic acids is 1. The summed E-state index contributed by atoms with van der Waals surface area (Å²) in [4.78, 5) is 13.3. The van der Waals surface area contributed by atoms with Crippen LogP contribution in [0, 0.1) is 0 Å². The van der Waals surface area contributed by atoms with Gasteiger partial charge in [0.15, 0.2) is 0 Å². The second-order valence-electron chi connectivity index (χ2n) is 6.80. The summed E-state index contributed by atoms with van der Waals surface area (Å²) in [6.07, 6.45) is 1.28. The largest absolute Gasteiger partial charge is 0.325 e. The molecule has 142 valence electrons. The molecule has 1 fully saturated rings. The smallest absolute Gasteiger partial charge is 0.236 e.